The molecule has 0 fully saturated rings. The maximum Gasteiger partial charge on any atom is 0.419 e. The summed E-state index contributed by atoms with van der Waals surface area (Å²) in [4.78, 5) is 18.1. The first-order valence-electron chi connectivity index (χ1n) is 11.9. The van der Waals surface area contributed by atoms with E-state index >= 15 is 0 Å². The van der Waals surface area contributed by atoms with Crippen LogP contribution in [0.3, 0.4) is 0 Å². The van der Waals surface area contributed by atoms with E-state index in [1.807, 2.05) is 13.8 Å². The molecule has 0 saturated carbocycles. The highest BCUT2D eigenvalue weighted by Crippen LogP contribution is 2.41. The zero-order valence-electron chi connectivity index (χ0n) is 20.8. The number of pyridine rings is 2. The first-order valence-corrected chi connectivity index (χ1v) is 11.9. The molecule has 2 atom stereocenters. The number of imidazole rings is 1. The fourth-order valence-electron chi connectivity index (χ4n) is 4.77. The minimum absolute atomic E-state index is 0.0954. The van der Waals surface area contributed by atoms with Crippen molar-refractivity contribution in [1.29, 1.82) is 0 Å². The molecule has 1 aliphatic rings. The molecular formula is C27H26F3N5O2. The lowest BCUT2D eigenvalue weighted by Gasteiger charge is -2.27. The molecule has 5 rings (SSSR count). The Hall–Kier alpha value is -3.95. The Kier molecular flexibility index (Phi) is 6.35. The lowest BCUT2D eigenvalue weighted by molar-refractivity contribution is -0.136. The normalized spacial score (nSPS) is 18.3. The molecule has 0 aliphatic carbocycles. The van der Waals surface area contributed by atoms with Gasteiger partial charge in [-0.2, -0.15) is 13.2 Å². The van der Waals surface area contributed by atoms with E-state index < -0.39 is 17.8 Å². The van der Waals surface area contributed by atoms with Gasteiger partial charge in [-0.05, 0) is 23.4 Å². The minimum Gasteiger partial charge on any atom is -0.483 e. The second-order valence-corrected chi connectivity index (χ2v) is 9.18. The molecule has 1 aliphatic heterocycles. The van der Waals surface area contributed by atoms with Crippen molar-refractivity contribution in [3.63, 3.8) is 0 Å². The van der Waals surface area contributed by atoms with Crippen molar-refractivity contribution in [2.45, 2.75) is 38.5 Å². The number of rotatable bonds is 4. The van der Waals surface area contributed by atoms with E-state index in [2.05, 4.69) is 9.97 Å². The summed E-state index contributed by atoms with van der Waals surface area (Å²) in [6, 6.07) is 9.07. The van der Waals surface area contributed by atoms with E-state index in [0.29, 0.717) is 29.2 Å². The van der Waals surface area contributed by atoms with Gasteiger partial charge in [0, 0.05) is 41.7 Å². The van der Waals surface area contributed by atoms with Gasteiger partial charge in [0.05, 0.1) is 25.5 Å². The van der Waals surface area contributed by atoms with Crippen LogP contribution in [0.15, 0.2) is 65.0 Å². The Balaban J connectivity index is 1.61. The van der Waals surface area contributed by atoms with Crippen molar-refractivity contribution < 1.29 is 22.6 Å². The van der Waals surface area contributed by atoms with Crippen molar-refractivity contribution in [2.24, 2.45) is 15.9 Å². The van der Waals surface area contributed by atoms with E-state index in [0.717, 1.165) is 5.69 Å². The molecule has 0 spiro atoms. The predicted molar refractivity (Wildman–Crippen MR) is 136 cm³/mol. The zero-order chi connectivity index (χ0) is 26.3. The standard InChI is InChI=1S/C27H26F3N5O2/c1-15(2)22-26(37-4)33-20(25(34-22)36-3)13-17-9-10-19(24-31-11-12-35(17)24)23-21(27(28,29)30)18-8-6-5-7-16(18)14-32-23/h5-12,14-15,20,22H,13H2,1-4H3. The van der Waals surface area contributed by atoms with Crippen molar-refractivity contribution in [2.75, 3.05) is 14.2 Å². The summed E-state index contributed by atoms with van der Waals surface area (Å²) in [6.45, 7) is 4.06. The average Bonchev–Trinajstić information content (AvgIpc) is 3.37. The van der Waals surface area contributed by atoms with Gasteiger partial charge in [-0.1, -0.05) is 38.1 Å². The maximum atomic E-state index is 14.3. The molecule has 0 bridgehead atoms. The number of fused-ring (bicyclic) bond motifs is 2. The Morgan fingerprint density at radius 1 is 0.973 bits per heavy atom. The van der Waals surface area contributed by atoms with Crippen LogP contribution in [0.5, 0.6) is 0 Å². The summed E-state index contributed by atoms with van der Waals surface area (Å²) in [7, 11) is 3.12. The second kappa shape index (κ2) is 9.49. The van der Waals surface area contributed by atoms with Crippen molar-refractivity contribution in [3.05, 3.63) is 66.2 Å². The highest BCUT2D eigenvalue weighted by Gasteiger charge is 2.37. The van der Waals surface area contributed by atoms with E-state index in [1.165, 1.54) is 12.3 Å². The largest absolute Gasteiger partial charge is 0.483 e. The van der Waals surface area contributed by atoms with Gasteiger partial charge in [0.15, 0.2) is 0 Å². The molecule has 192 valence electrons. The molecule has 7 nitrogen and oxygen atoms in total. The Bertz CT molecular complexity index is 1520. The number of methoxy groups -OCH3 is 2. The molecule has 0 N–H and O–H groups in total. The van der Waals surface area contributed by atoms with Gasteiger partial charge in [-0.3, -0.25) is 4.98 Å². The van der Waals surface area contributed by atoms with Crippen LogP contribution in [0.25, 0.3) is 27.7 Å². The number of halogens is 3. The molecule has 0 saturated heterocycles. The molecule has 4 heterocycles. The lowest BCUT2D eigenvalue weighted by Crippen LogP contribution is -2.38. The third-order valence-electron chi connectivity index (χ3n) is 6.51. The highest BCUT2D eigenvalue weighted by molar-refractivity contribution is 5.94. The summed E-state index contributed by atoms with van der Waals surface area (Å²) in [5, 5.41) is 0.517. The van der Waals surface area contributed by atoms with Gasteiger partial charge in [-0.15, -0.1) is 0 Å². The van der Waals surface area contributed by atoms with Gasteiger partial charge >= 0.3 is 6.18 Å². The number of hydrogen-bond donors (Lipinski definition) is 0. The molecule has 0 radical (unpaired) electrons. The highest BCUT2D eigenvalue weighted by atomic mass is 19.4. The topological polar surface area (TPSA) is 73.4 Å². The maximum absolute atomic E-state index is 14.3. The fraction of sp³-hybridized carbons (Fsp3) is 0.333. The SMILES string of the molecule is COC1=NC(C(C)C)C(OC)=NC1Cc1ccc(-c2ncc3ccccc3c2C(F)(F)F)c2nccn12. The van der Waals surface area contributed by atoms with Crippen molar-refractivity contribution >= 4 is 28.2 Å². The van der Waals surface area contributed by atoms with Crippen LogP contribution >= 0.6 is 0 Å². The van der Waals surface area contributed by atoms with Gasteiger partial charge in [-0.25, -0.2) is 15.0 Å². The average molecular weight is 510 g/mol. The number of benzene rings is 1. The van der Waals surface area contributed by atoms with Crippen LogP contribution in [0.1, 0.15) is 25.1 Å². The molecular weight excluding hydrogens is 483 g/mol. The van der Waals surface area contributed by atoms with Crippen LogP contribution < -0.4 is 0 Å². The summed E-state index contributed by atoms with van der Waals surface area (Å²) in [6.07, 6.45) is 0.515. The molecule has 2 unspecified atom stereocenters. The van der Waals surface area contributed by atoms with E-state index in [4.69, 9.17) is 19.5 Å². The lowest BCUT2D eigenvalue weighted by atomic mass is 9.99. The van der Waals surface area contributed by atoms with Crippen LogP contribution in [0.4, 0.5) is 13.2 Å². The number of ether oxygens (including phenoxy) is 2. The van der Waals surface area contributed by atoms with Crippen LogP contribution in [0, 0.1) is 5.92 Å². The van der Waals surface area contributed by atoms with Gasteiger partial charge in [0.2, 0.25) is 11.8 Å². The van der Waals surface area contributed by atoms with Crippen molar-refractivity contribution in [3.8, 4) is 11.3 Å². The second-order valence-electron chi connectivity index (χ2n) is 9.18. The van der Waals surface area contributed by atoms with E-state index in [-0.39, 0.29) is 28.6 Å². The third kappa shape index (κ3) is 4.41. The van der Waals surface area contributed by atoms with Gasteiger partial charge < -0.3 is 13.9 Å². The number of aliphatic imine (C=N–C) groups is 2. The number of aromatic nitrogens is 3. The van der Waals surface area contributed by atoms with Crippen LogP contribution in [0.2, 0.25) is 0 Å². The number of hydrogen-bond acceptors (Lipinski definition) is 6. The van der Waals surface area contributed by atoms with Gasteiger partial charge in [0.25, 0.3) is 0 Å². The first-order chi connectivity index (χ1) is 17.7. The summed E-state index contributed by atoms with van der Waals surface area (Å²) in [5.74, 6) is 1.17. The monoisotopic (exact) mass is 509 g/mol. The summed E-state index contributed by atoms with van der Waals surface area (Å²) >= 11 is 0. The number of nitrogens with zero attached hydrogens (tertiary/aromatic N) is 5. The molecule has 1 aromatic carbocycles. The Morgan fingerprint density at radius 2 is 1.73 bits per heavy atom. The molecule has 4 aromatic rings. The minimum atomic E-state index is -4.60. The summed E-state index contributed by atoms with van der Waals surface area (Å²) in [5.41, 5.74) is 0.497. The fourth-order valence-corrected chi connectivity index (χ4v) is 4.77. The molecule has 0 amide bonds. The van der Waals surface area contributed by atoms with Crippen LogP contribution in [-0.4, -0.2) is 52.5 Å². The van der Waals surface area contributed by atoms with Crippen LogP contribution in [-0.2, 0) is 22.1 Å². The predicted octanol–water partition coefficient (Wildman–Crippen LogP) is 5.61. The summed E-state index contributed by atoms with van der Waals surface area (Å²) < 4.78 is 55.7. The van der Waals surface area contributed by atoms with Gasteiger partial charge in [0.1, 0.15) is 17.7 Å². The molecule has 10 heteroatoms. The smallest absolute Gasteiger partial charge is 0.419 e. The first kappa shape index (κ1) is 24.7. The number of alkyl halides is 3. The van der Waals surface area contributed by atoms with Crippen molar-refractivity contribution in [1.82, 2.24) is 14.4 Å². The Labute approximate surface area is 211 Å². The zero-order valence-corrected chi connectivity index (χ0v) is 20.8. The molecule has 37 heavy (non-hydrogen) atoms. The quantitative estimate of drug-likeness (QED) is 0.359. The van der Waals surface area contributed by atoms with E-state index in [9.17, 15) is 13.2 Å². The van der Waals surface area contributed by atoms with E-state index in [1.54, 1.807) is 61.3 Å². The Morgan fingerprint density at radius 3 is 2.43 bits per heavy atom. The third-order valence-corrected chi connectivity index (χ3v) is 6.51. The molecule has 3 aromatic heterocycles.